The zero-order valence-corrected chi connectivity index (χ0v) is 44.5. The molecule has 0 saturated heterocycles. The summed E-state index contributed by atoms with van der Waals surface area (Å²) in [6, 6.07) is 0. The van der Waals surface area contributed by atoms with E-state index in [2.05, 4.69) is 45.1 Å². The van der Waals surface area contributed by atoms with Crippen LogP contribution in [0.3, 0.4) is 0 Å². The molecule has 0 aliphatic rings. The van der Waals surface area contributed by atoms with Crippen LogP contribution in [-0.2, 0) is 28.6 Å². The zero-order valence-electron chi connectivity index (χ0n) is 44.5. The van der Waals surface area contributed by atoms with Gasteiger partial charge in [-0.15, -0.1) is 0 Å². The molecule has 1 atom stereocenters. The number of ether oxygens (including phenoxy) is 3. The second-order valence-electron chi connectivity index (χ2n) is 19.9. The summed E-state index contributed by atoms with van der Waals surface area (Å²) in [7, 11) is 0. The maximum absolute atomic E-state index is 12.7. The predicted molar refractivity (Wildman–Crippen MR) is 284 cm³/mol. The van der Waals surface area contributed by atoms with Gasteiger partial charge in [-0.1, -0.05) is 276 Å². The van der Waals surface area contributed by atoms with Crippen molar-refractivity contribution in [3.8, 4) is 0 Å². The minimum absolute atomic E-state index is 0.0653. The van der Waals surface area contributed by atoms with Crippen molar-refractivity contribution in [2.24, 2.45) is 0 Å². The van der Waals surface area contributed by atoms with E-state index in [4.69, 9.17) is 14.2 Å². The molecule has 6 heteroatoms. The third-order valence-corrected chi connectivity index (χ3v) is 13.2. The fourth-order valence-corrected chi connectivity index (χ4v) is 8.77. The molecule has 0 heterocycles. The molecule has 66 heavy (non-hydrogen) atoms. The van der Waals surface area contributed by atoms with Crippen LogP contribution in [0.2, 0.25) is 0 Å². The first-order valence-electron chi connectivity index (χ1n) is 29.3. The van der Waals surface area contributed by atoms with Gasteiger partial charge in [0, 0.05) is 19.3 Å². The Kier molecular flexibility index (Phi) is 53.7. The number of carbonyl (C=O) groups is 3. The molecular formula is C60H112O6. The van der Waals surface area contributed by atoms with Crippen LogP contribution in [0.5, 0.6) is 0 Å². The highest BCUT2D eigenvalue weighted by molar-refractivity contribution is 5.71. The third kappa shape index (κ3) is 52.9. The van der Waals surface area contributed by atoms with E-state index in [-0.39, 0.29) is 31.1 Å². The van der Waals surface area contributed by atoms with E-state index in [1.165, 1.54) is 218 Å². The molecule has 0 bridgehead atoms. The highest BCUT2D eigenvalue weighted by Gasteiger charge is 2.19. The summed E-state index contributed by atoms with van der Waals surface area (Å²) in [5.74, 6) is -0.852. The Bertz CT molecular complexity index is 1070. The first-order valence-corrected chi connectivity index (χ1v) is 29.3. The van der Waals surface area contributed by atoms with Crippen molar-refractivity contribution in [2.45, 2.75) is 329 Å². The monoisotopic (exact) mass is 929 g/mol. The van der Waals surface area contributed by atoms with Crippen LogP contribution in [0.4, 0.5) is 0 Å². The van der Waals surface area contributed by atoms with Gasteiger partial charge in [0.1, 0.15) is 13.2 Å². The SMILES string of the molecule is CCCCCCC/C=C\C/C=C\CCCCCCCCCCCCCCCCCCCC(=O)OCC(COC(=O)CCCCCCCCCCC)OC(=O)CCCCCCCCCCCC. The molecule has 0 aromatic heterocycles. The van der Waals surface area contributed by atoms with Crippen LogP contribution in [-0.4, -0.2) is 37.2 Å². The molecule has 6 nitrogen and oxygen atoms in total. The third-order valence-electron chi connectivity index (χ3n) is 13.2. The molecule has 388 valence electrons. The van der Waals surface area contributed by atoms with Crippen LogP contribution >= 0.6 is 0 Å². The normalized spacial score (nSPS) is 12.1. The Morgan fingerprint density at radius 3 is 0.833 bits per heavy atom. The van der Waals surface area contributed by atoms with Gasteiger partial charge in [0.15, 0.2) is 6.10 Å². The summed E-state index contributed by atoms with van der Waals surface area (Å²) < 4.78 is 16.8. The van der Waals surface area contributed by atoms with E-state index in [0.29, 0.717) is 19.3 Å². The lowest BCUT2D eigenvalue weighted by atomic mass is 10.0. The lowest BCUT2D eigenvalue weighted by Gasteiger charge is -2.18. The highest BCUT2D eigenvalue weighted by Crippen LogP contribution is 2.17. The van der Waals surface area contributed by atoms with Crippen molar-refractivity contribution in [3.63, 3.8) is 0 Å². The van der Waals surface area contributed by atoms with Crippen molar-refractivity contribution in [1.29, 1.82) is 0 Å². The van der Waals surface area contributed by atoms with Crippen molar-refractivity contribution in [2.75, 3.05) is 13.2 Å². The fraction of sp³-hybridized carbons (Fsp3) is 0.883. The Labute approximate surface area is 411 Å². The molecule has 0 rings (SSSR count). The first kappa shape index (κ1) is 63.9. The second kappa shape index (κ2) is 55.5. The Morgan fingerprint density at radius 2 is 0.545 bits per heavy atom. The molecule has 0 amide bonds. The van der Waals surface area contributed by atoms with Crippen LogP contribution in [0.25, 0.3) is 0 Å². The standard InChI is InChI=1S/C60H112O6/c1-4-7-10-13-16-19-21-22-23-24-25-26-27-28-29-30-31-32-33-34-35-36-37-38-39-42-44-47-50-53-59(62)65-56-57(55-64-58(61)52-49-46-43-40-18-15-12-9-6-3)66-60(63)54-51-48-45-41-20-17-14-11-8-5-2/h21-22,24-25,57H,4-20,23,26-56H2,1-3H3/b22-21-,25-24-. The summed E-state index contributed by atoms with van der Waals surface area (Å²) in [4.78, 5) is 37.9. The van der Waals surface area contributed by atoms with E-state index in [0.717, 1.165) is 64.2 Å². The van der Waals surface area contributed by atoms with Gasteiger partial charge in [-0.2, -0.15) is 0 Å². The second-order valence-corrected chi connectivity index (χ2v) is 19.9. The summed E-state index contributed by atoms with van der Waals surface area (Å²) in [5.41, 5.74) is 0. The van der Waals surface area contributed by atoms with E-state index in [9.17, 15) is 14.4 Å². The average Bonchev–Trinajstić information content (AvgIpc) is 3.31. The van der Waals surface area contributed by atoms with Gasteiger partial charge in [-0.3, -0.25) is 14.4 Å². The summed E-state index contributed by atoms with van der Waals surface area (Å²) in [5, 5.41) is 0. The smallest absolute Gasteiger partial charge is 0.306 e. The lowest BCUT2D eigenvalue weighted by Crippen LogP contribution is -2.30. The van der Waals surface area contributed by atoms with E-state index >= 15 is 0 Å². The Hall–Kier alpha value is -2.11. The van der Waals surface area contributed by atoms with E-state index in [1.54, 1.807) is 0 Å². The summed E-state index contributed by atoms with van der Waals surface area (Å²) >= 11 is 0. The topological polar surface area (TPSA) is 78.9 Å². The number of unbranched alkanes of at least 4 members (excludes halogenated alkanes) is 39. The van der Waals surface area contributed by atoms with Crippen LogP contribution in [0.1, 0.15) is 323 Å². The fourth-order valence-electron chi connectivity index (χ4n) is 8.77. The minimum Gasteiger partial charge on any atom is -0.462 e. The molecule has 0 saturated carbocycles. The number of esters is 3. The average molecular weight is 930 g/mol. The van der Waals surface area contributed by atoms with Crippen molar-refractivity contribution < 1.29 is 28.6 Å². The number of carbonyl (C=O) groups excluding carboxylic acids is 3. The van der Waals surface area contributed by atoms with Crippen LogP contribution in [0.15, 0.2) is 24.3 Å². The van der Waals surface area contributed by atoms with Gasteiger partial charge in [0.05, 0.1) is 0 Å². The summed E-state index contributed by atoms with van der Waals surface area (Å²) in [6.45, 7) is 6.63. The Morgan fingerprint density at radius 1 is 0.303 bits per heavy atom. The van der Waals surface area contributed by atoms with Crippen molar-refractivity contribution in [1.82, 2.24) is 0 Å². The predicted octanol–water partition coefficient (Wildman–Crippen LogP) is 19.5. The molecule has 0 fully saturated rings. The molecule has 0 N–H and O–H groups in total. The maximum Gasteiger partial charge on any atom is 0.306 e. The highest BCUT2D eigenvalue weighted by atomic mass is 16.6. The molecule has 0 aromatic carbocycles. The zero-order chi connectivity index (χ0) is 47.9. The molecule has 0 aromatic rings. The molecule has 0 aliphatic carbocycles. The number of rotatable bonds is 54. The maximum atomic E-state index is 12.7. The van der Waals surface area contributed by atoms with Gasteiger partial charge < -0.3 is 14.2 Å². The number of hydrogen-bond donors (Lipinski definition) is 0. The van der Waals surface area contributed by atoms with Crippen molar-refractivity contribution >= 4 is 17.9 Å². The molecule has 1 unspecified atom stereocenters. The molecular weight excluding hydrogens is 817 g/mol. The quantitative estimate of drug-likeness (QED) is 0.0262. The molecule has 0 radical (unpaired) electrons. The van der Waals surface area contributed by atoms with E-state index < -0.39 is 6.10 Å². The summed E-state index contributed by atoms with van der Waals surface area (Å²) in [6.07, 6.45) is 64.9. The van der Waals surface area contributed by atoms with Gasteiger partial charge in [0.2, 0.25) is 0 Å². The van der Waals surface area contributed by atoms with Gasteiger partial charge >= 0.3 is 17.9 Å². The molecule has 0 spiro atoms. The van der Waals surface area contributed by atoms with Gasteiger partial charge in [-0.25, -0.2) is 0 Å². The largest absolute Gasteiger partial charge is 0.462 e. The lowest BCUT2D eigenvalue weighted by molar-refractivity contribution is -0.167. The Balaban J connectivity index is 4.00. The first-order chi connectivity index (χ1) is 32.5. The minimum atomic E-state index is -0.762. The van der Waals surface area contributed by atoms with Gasteiger partial charge in [0.25, 0.3) is 0 Å². The number of allylic oxidation sites excluding steroid dienone is 4. The van der Waals surface area contributed by atoms with E-state index in [1.807, 2.05) is 0 Å². The van der Waals surface area contributed by atoms with Crippen molar-refractivity contribution in [3.05, 3.63) is 24.3 Å². The van der Waals surface area contributed by atoms with Crippen LogP contribution in [0, 0.1) is 0 Å². The van der Waals surface area contributed by atoms with Crippen LogP contribution < -0.4 is 0 Å². The van der Waals surface area contributed by atoms with Gasteiger partial charge in [-0.05, 0) is 51.4 Å². The number of hydrogen-bond acceptors (Lipinski definition) is 6. The molecule has 0 aliphatic heterocycles.